The van der Waals surface area contributed by atoms with Crippen molar-refractivity contribution in [2.75, 3.05) is 11.9 Å². The van der Waals surface area contributed by atoms with Gasteiger partial charge in [0.15, 0.2) is 0 Å². The minimum Gasteiger partial charge on any atom is -0.393 e. The van der Waals surface area contributed by atoms with E-state index in [2.05, 4.69) is 25.6 Å². The predicted octanol–water partition coefficient (Wildman–Crippen LogP) is 1.42. The second-order valence-electron chi connectivity index (χ2n) is 6.35. The van der Waals surface area contributed by atoms with Gasteiger partial charge in [0.25, 0.3) is 5.91 Å². The van der Waals surface area contributed by atoms with Crippen LogP contribution in [0, 0.1) is 5.92 Å². The van der Waals surface area contributed by atoms with Crippen molar-refractivity contribution in [3.8, 4) is 0 Å². The van der Waals surface area contributed by atoms with Crippen LogP contribution in [0.25, 0.3) is 0 Å². The van der Waals surface area contributed by atoms with Gasteiger partial charge in [-0.1, -0.05) is 0 Å². The van der Waals surface area contributed by atoms with Crippen LogP contribution in [0.4, 0.5) is 5.95 Å². The number of hydrogen-bond donors (Lipinski definition) is 3. The molecule has 7 nitrogen and oxygen atoms in total. The molecule has 0 saturated heterocycles. The molecule has 25 heavy (non-hydrogen) atoms. The zero-order valence-corrected chi connectivity index (χ0v) is 14.2. The number of carbonyl (C=O) groups excluding carboxylic acids is 1. The molecular weight excluding hydrogens is 318 g/mol. The molecule has 2 aromatic heterocycles. The van der Waals surface area contributed by atoms with E-state index in [0.29, 0.717) is 30.8 Å². The second kappa shape index (κ2) is 8.02. The molecule has 0 aromatic carbocycles. The molecule has 0 radical (unpaired) electrons. The number of rotatable bonds is 7. The lowest BCUT2D eigenvalue weighted by molar-refractivity contribution is 0.0239. The Hall–Kier alpha value is -2.54. The average Bonchev–Trinajstić information content (AvgIpc) is 2.60. The van der Waals surface area contributed by atoms with Gasteiger partial charge in [-0.15, -0.1) is 0 Å². The Labute approximate surface area is 146 Å². The third-order valence-electron chi connectivity index (χ3n) is 4.49. The van der Waals surface area contributed by atoms with Crippen molar-refractivity contribution < 1.29 is 9.90 Å². The number of hydrogen-bond acceptors (Lipinski definition) is 6. The Bertz CT molecular complexity index is 686. The molecule has 132 valence electrons. The number of aliphatic hydroxyl groups is 1. The summed E-state index contributed by atoms with van der Waals surface area (Å²) in [4.78, 5) is 24.9. The molecule has 0 aliphatic heterocycles. The van der Waals surface area contributed by atoms with E-state index in [1.54, 1.807) is 12.4 Å². The molecule has 7 heteroatoms. The average molecular weight is 341 g/mol. The highest BCUT2D eigenvalue weighted by molar-refractivity contribution is 5.93. The molecule has 2 heterocycles. The van der Waals surface area contributed by atoms with Gasteiger partial charge in [-0.25, -0.2) is 9.97 Å². The van der Waals surface area contributed by atoms with E-state index >= 15 is 0 Å². The van der Waals surface area contributed by atoms with Crippen molar-refractivity contribution in [1.29, 1.82) is 0 Å². The van der Waals surface area contributed by atoms with Crippen LogP contribution in [-0.4, -0.2) is 44.7 Å². The zero-order valence-electron chi connectivity index (χ0n) is 14.2. The summed E-state index contributed by atoms with van der Waals surface area (Å²) in [6.07, 6.45) is 8.43. The maximum atomic E-state index is 12.6. The van der Waals surface area contributed by atoms with Crippen molar-refractivity contribution in [3.63, 3.8) is 0 Å². The molecule has 0 unspecified atom stereocenters. The maximum absolute atomic E-state index is 12.6. The van der Waals surface area contributed by atoms with Crippen LogP contribution in [0.1, 0.15) is 35.7 Å². The summed E-state index contributed by atoms with van der Waals surface area (Å²) in [5.41, 5.74) is 1.54. The first-order valence-electron chi connectivity index (χ1n) is 8.59. The smallest absolute Gasteiger partial charge is 0.254 e. The molecule has 1 saturated carbocycles. The Kier molecular flexibility index (Phi) is 5.55. The van der Waals surface area contributed by atoms with Crippen LogP contribution >= 0.6 is 0 Å². The van der Waals surface area contributed by atoms with Crippen LogP contribution in [0.5, 0.6) is 0 Å². The molecule has 1 atom stereocenters. The zero-order chi connectivity index (χ0) is 17.6. The molecule has 3 N–H and O–H groups in total. The Morgan fingerprint density at radius 3 is 2.56 bits per heavy atom. The van der Waals surface area contributed by atoms with Crippen LogP contribution < -0.4 is 10.6 Å². The molecule has 1 amide bonds. The number of nitrogens with zero attached hydrogens (tertiary/aromatic N) is 3. The van der Waals surface area contributed by atoms with Crippen LogP contribution in [0.2, 0.25) is 0 Å². The molecule has 0 bridgehead atoms. The summed E-state index contributed by atoms with van der Waals surface area (Å²) in [5, 5.41) is 15.7. The Balaban J connectivity index is 1.67. The first-order chi connectivity index (χ1) is 12.2. The highest BCUT2D eigenvalue weighted by Crippen LogP contribution is 2.31. The van der Waals surface area contributed by atoms with E-state index in [-0.39, 0.29) is 24.0 Å². The molecule has 1 fully saturated rings. The third-order valence-corrected chi connectivity index (χ3v) is 4.49. The number of anilines is 1. The number of nitrogens with one attached hydrogen (secondary N) is 2. The topological polar surface area (TPSA) is 100 Å². The van der Waals surface area contributed by atoms with Gasteiger partial charge in [0, 0.05) is 37.4 Å². The number of aliphatic hydroxyl groups excluding tert-OH is 1. The third kappa shape index (κ3) is 4.51. The van der Waals surface area contributed by atoms with E-state index in [9.17, 15) is 9.90 Å². The van der Waals surface area contributed by atoms with Crippen LogP contribution in [-0.2, 0) is 6.42 Å². The summed E-state index contributed by atoms with van der Waals surface area (Å²) in [7, 11) is 0. The molecule has 1 aliphatic carbocycles. The molecule has 3 rings (SSSR count). The predicted molar refractivity (Wildman–Crippen MR) is 94.1 cm³/mol. The monoisotopic (exact) mass is 341 g/mol. The van der Waals surface area contributed by atoms with E-state index in [4.69, 9.17) is 0 Å². The van der Waals surface area contributed by atoms with Gasteiger partial charge >= 0.3 is 0 Å². The summed E-state index contributed by atoms with van der Waals surface area (Å²) in [6.45, 7) is 2.68. The summed E-state index contributed by atoms with van der Waals surface area (Å²) < 4.78 is 0. The second-order valence-corrected chi connectivity index (χ2v) is 6.35. The van der Waals surface area contributed by atoms with Crippen LogP contribution in [0.15, 0.2) is 36.9 Å². The number of amides is 1. The van der Waals surface area contributed by atoms with Gasteiger partial charge in [0.2, 0.25) is 5.95 Å². The minimum absolute atomic E-state index is 0.0354. The van der Waals surface area contributed by atoms with Crippen LogP contribution in [0.3, 0.4) is 0 Å². The molecule has 0 spiro atoms. The van der Waals surface area contributed by atoms with Crippen molar-refractivity contribution >= 4 is 11.9 Å². The summed E-state index contributed by atoms with van der Waals surface area (Å²) in [5.74, 6) is 0.590. The first-order valence-corrected chi connectivity index (χ1v) is 8.59. The first kappa shape index (κ1) is 17.3. The fourth-order valence-electron chi connectivity index (χ4n) is 3.01. The quantitative estimate of drug-likeness (QED) is 0.704. The van der Waals surface area contributed by atoms with Gasteiger partial charge in [-0.3, -0.25) is 9.78 Å². The van der Waals surface area contributed by atoms with E-state index in [1.807, 2.05) is 19.1 Å². The van der Waals surface area contributed by atoms with Gasteiger partial charge in [-0.2, -0.15) is 0 Å². The number of aromatic nitrogens is 3. The van der Waals surface area contributed by atoms with Crippen molar-refractivity contribution in [2.45, 2.75) is 38.3 Å². The van der Waals surface area contributed by atoms with Crippen molar-refractivity contribution in [1.82, 2.24) is 20.3 Å². The standard InChI is InChI=1S/C18H23N5O2/c1-2-20-18-21-10-14(11-22-18)17(25)23-16(13-8-15(24)9-13)7-12-3-5-19-6-4-12/h3-6,10-11,13,15-16,24H,2,7-9H2,1H3,(H,23,25)(H,20,21,22)/t13?,15?,16-/m0/s1. The molecule has 1 aliphatic rings. The van der Waals surface area contributed by atoms with Gasteiger partial charge in [0.1, 0.15) is 0 Å². The van der Waals surface area contributed by atoms with Gasteiger partial charge in [-0.05, 0) is 49.8 Å². The maximum Gasteiger partial charge on any atom is 0.254 e. The Morgan fingerprint density at radius 2 is 1.96 bits per heavy atom. The summed E-state index contributed by atoms with van der Waals surface area (Å²) >= 11 is 0. The fourth-order valence-corrected chi connectivity index (χ4v) is 3.01. The van der Waals surface area contributed by atoms with E-state index in [1.165, 1.54) is 12.4 Å². The van der Waals surface area contributed by atoms with Crippen molar-refractivity contribution in [2.24, 2.45) is 5.92 Å². The van der Waals surface area contributed by atoms with Crippen molar-refractivity contribution in [3.05, 3.63) is 48.0 Å². The van der Waals surface area contributed by atoms with Gasteiger partial charge < -0.3 is 15.7 Å². The number of pyridine rings is 1. The fraction of sp³-hybridized carbons (Fsp3) is 0.444. The largest absolute Gasteiger partial charge is 0.393 e. The minimum atomic E-state index is -0.260. The highest BCUT2D eigenvalue weighted by atomic mass is 16.3. The lowest BCUT2D eigenvalue weighted by Gasteiger charge is -2.38. The highest BCUT2D eigenvalue weighted by Gasteiger charge is 2.35. The lowest BCUT2D eigenvalue weighted by Crippen LogP contribution is -2.48. The number of carbonyl (C=O) groups is 1. The molecule has 2 aromatic rings. The summed E-state index contributed by atoms with van der Waals surface area (Å²) in [6, 6.07) is 3.86. The molecular formula is C18H23N5O2. The Morgan fingerprint density at radius 1 is 1.28 bits per heavy atom. The normalized spacial score (nSPS) is 20.4. The lowest BCUT2D eigenvalue weighted by atomic mass is 9.75. The van der Waals surface area contributed by atoms with Gasteiger partial charge in [0.05, 0.1) is 11.7 Å². The van der Waals surface area contributed by atoms with E-state index in [0.717, 1.165) is 12.1 Å². The SMILES string of the molecule is CCNc1ncc(C(=O)N[C@@H](Cc2ccncc2)C2CC(O)C2)cn1. The van der Waals surface area contributed by atoms with E-state index < -0.39 is 0 Å².